The van der Waals surface area contributed by atoms with Gasteiger partial charge < -0.3 is 14.5 Å². The first-order valence-corrected chi connectivity index (χ1v) is 9.48. The summed E-state index contributed by atoms with van der Waals surface area (Å²) in [5.74, 6) is 0.785. The number of amides is 1. The summed E-state index contributed by atoms with van der Waals surface area (Å²) in [6, 6.07) is 5.96. The third-order valence-electron chi connectivity index (χ3n) is 4.41. The van der Waals surface area contributed by atoms with Crippen LogP contribution in [-0.4, -0.2) is 49.1 Å². The molecular weight excluding hydrogens is 463 g/mol. The molecule has 0 radical (unpaired) electrons. The number of aromatic nitrogens is 1. The normalized spacial score (nSPS) is 14.9. The number of nitrogens with zero attached hydrogens (tertiary/aromatic N) is 3. The Balaban J connectivity index is 1.67. The van der Waals surface area contributed by atoms with E-state index in [0.717, 1.165) is 12.3 Å². The van der Waals surface area contributed by atoms with Crippen LogP contribution in [0.1, 0.15) is 15.9 Å². The molecule has 2 aromatic rings. The van der Waals surface area contributed by atoms with E-state index in [1.165, 1.54) is 0 Å². The van der Waals surface area contributed by atoms with Crippen molar-refractivity contribution in [1.29, 1.82) is 0 Å². The van der Waals surface area contributed by atoms with Gasteiger partial charge in [0.1, 0.15) is 11.6 Å². The molecule has 2 heterocycles. The molecule has 1 fully saturated rings. The van der Waals surface area contributed by atoms with Gasteiger partial charge >= 0.3 is 6.18 Å². The van der Waals surface area contributed by atoms with Gasteiger partial charge in [-0.25, -0.2) is 4.98 Å². The summed E-state index contributed by atoms with van der Waals surface area (Å²) >= 11 is 9.37. The lowest BCUT2D eigenvalue weighted by Crippen LogP contribution is -2.49. The molecule has 0 unspecified atom stereocenters. The van der Waals surface area contributed by atoms with Crippen LogP contribution < -0.4 is 9.64 Å². The van der Waals surface area contributed by atoms with Crippen molar-refractivity contribution in [2.75, 3.05) is 38.2 Å². The predicted octanol–water partition coefficient (Wildman–Crippen LogP) is 4.49. The summed E-state index contributed by atoms with van der Waals surface area (Å²) in [7, 11) is 1.54. The Labute approximate surface area is 173 Å². The molecule has 1 amide bonds. The van der Waals surface area contributed by atoms with E-state index < -0.39 is 11.7 Å². The summed E-state index contributed by atoms with van der Waals surface area (Å²) in [6.07, 6.45) is -3.72. The maximum absolute atomic E-state index is 12.8. The number of benzene rings is 1. The van der Waals surface area contributed by atoms with Crippen LogP contribution in [0.25, 0.3) is 0 Å². The van der Waals surface area contributed by atoms with Crippen LogP contribution in [-0.2, 0) is 6.18 Å². The quantitative estimate of drug-likeness (QED) is 0.652. The zero-order valence-corrected chi connectivity index (χ0v) is 17.1. The first kappa shape index (κ1) is 20.7. The number of halogens is 5. The van der Waals surface area contributed by atoms with Crippen molar-refractivity contribution in [2.24, 2.45) is 0 Å². The molecule has 1 aliphatic rings. The summed E-state index contributed by atoms with van der Waals surface area (Å²) < 4.78 is 44.1. The molecule has 0 aliphatic carbocycles. The van der Waals surface area contributed by atoms with E-state index in [1.807, 2.05) is 0 Å². The fraction of sp³-hybridized carbons (Fsp3) is 0.333. The smallest absolute Gasteiger partial charge is 0.417 e. The minimum atomic E-state index is -4.49. The second-order valence-electron chi connectivity index (χ2n) is 6.16. The lowest BCUT2D eigenvalue weighted by atomic mass is 10.1. The van der Waals surface area contributed by atoms with Crippen LogP contribution in [0.4, 0.5) is 19.0 Å². The van der Waals surface area contributed by atoms with E-state index in [0.29, 0.717) is 42.0 Å². The van der Waals surface area contributed by atoms with Gasteiger partial charge in [0.05, 0.1) is 22.2 Å². The molecule has 5 nitrogen and oxygen atoms in total. The van der Waals surface area contributed by atoms with E-state index in [-0.39, 0.29) is 16.7 Å². The number of methoxy groups -OCH3 is 1. The van der Waals surface area contributed by atoms with Gasteiger partial charge in [-0.2, -0.15) is 13.2 Å². The van der Waals surface area contributed by atoms with Gasteiger partial charge in [0, 0.05) is 37.9 Å². The predicted molar refractivity (Wildman–Crippen MR) is 103 cm³/mol. The van der Waals surface area contributed by atoms with Crippen molar-refractivity contribution in [3.8, 4) is 5.75 Å². The highest BCUT2D eigenvalue weighted by Crippen LogP contribution is 2.34. The van der Waals surface area contributed by atoms with Crippen LogP contribution in [0, 0.1) is 0 Å². The minimum Gasteiger partial charge on any atom is -0.496 e. The molecular formula is C18H16BrClF3N3O2. The first-order valence-electron chi connectivity index (χ1n) is 8.31. The molecule has 3 rings (SSSR count). The Morgan fingerprint density at radius 2 is 1.89 bits per heavy atom. The highest BCUT2D eigenvalue weighted by atomic mass is 79.9. The number of carbonyl (C=O) groups excluding carboxylic acids is 1. The third kappa shape index (κ3) is 4.35. The average molecular weight is 479 g/mol. The Hall–Kier alpha value is -2.00. The number of rotatable bonds is 3. The molecule has 28 heavy (non-hydrogen) atoms. The third-order valence-corrected chi connectivity index (χ3v) is 5.31. The Morgan fingerprint density at radius 1 is 1.21 bits per heavy atom. The second-order valence-corrected chi connectivity index (χ2v) is 7.42. The molecule has 0 atom stereocenters. The van der Waals surface area contributed by atoms with E-state index in [9.17, 15) is 18.0 Å². The number of anilines is 1. The number of carbonyl (C=O) groups is 1. The van der Waals surface area contributed by atoms with Crippen LogP contribution in [0.2, 0.25) is 5.02 Å². The lowest BCUT2D eigenvalue weighted by molar-refractivity contribution is -0.137. The molecule has 150 valence electrons. The number of hydrogen-bond donors (Lipinski definition) is 0. The second kappa shape index (κ2) is 8.16. The SMILES string of the molecule is COc1ccc(C(=O)N2CCN(c3ncc(C(F)(F)F)cc3Cl)CC2)cc1Br. The van der Waals surface area contributed by atoms with Crippen LogP contribution in [0.3, 0.4) is 0 Å². The van der Waals surface area contributed by atoms with E-state index >= 15 is 0 Å². The van der Waals surface area contributed by atoms with Crippen molar-refractivity contribution in [3.05, 3.63) is 51.1 Å². The zero-order valence-electron chi connectivity index (χ0n) is 14.8. The van der Waals surface area contributed by atoms with E-state index in [2.05, 4.69) is 20.9 Å². The number of piperazine rings is 1. The van der Waals surface area contributed by atoms with Crippen molar-refractivity contribution < 1.29 is 22.7 Å². The zero-order chi connectivity index (χ0) is 20.5. The summed E-state index contributed by atoms with van der Waals surface area (Å²) in [6.45, 7) is 1.64. The molecule has 0 N–H and O–H groups in total. The van der Waals surface area contributed by atoms with Gasteiger partial charge in [-0.3, -0.25) is 4.79 Å². The van der Waals surface area contributed by atoms with Crippen LogP contribution >= 0.6 is 27.5 Å². The molecule has 0 spiro atoms. The molecule has 1 aromatic carbocycles. The number of hydrogen-bond acceptors (Lipinski definition) is 4. The fourth-order valence-electron chi connectivity index (χ4n) is 2.92. The molecule has 0 bridgehead atoms. The van der Waals surface area contributed by atoms with Gasteiger partial charge in [0.2, 0.25) is 0 Å². The van der Waals surface area contributed by atoms with Crippen molar-refractivity contribution >= 4 is 39.3 Å². The van der Waals surface area contributed by atoms with Crippen molar-refractivity contribution in [3.63, 3.8) is 0 Å². The van der Waals surface area contributed by atoms with E-state index in [4.69, 9.17) is 16.3 Å². The highest BCUT2D eigenvalue weighted by Gasteiger charge is 2.32. The topological polar surface area (TPSA) is 45.7 Å². The fourth-order valence-corrected chi connectivity index (χ4v) is 3.75. The summed E-state index contributed by atoms with van der Waals surface area (Å²) in [4.78, 5) is 20.0. The van der Waals surface area contributed by atoms with Crippen LogP contribution in [0.15, 0.2) is 34.9 Å². The Kier molecular flexibility index (Phi) is 6.04. The standard InChI is InChI=1S/C18H16BrClF3N3O2/c1-28-15-3-2-11(8-13(15)19)17(27)26-6-4-25(5-7-26)16-14(20)9-12(10-24-16)18(21,22)23/h2-3,8-10H,4-7H2,1H3. The van der Waals surface area contributed by atoms with Gasteiger partial charge in [-0.15, -0.1) is 0 Å². The maximum Gasteiger partial charge on any atom is 0.417 e. The number of alkyl halides is 3. The molecule has 10 heteroatoms. The average Bonchev–Trinajstić information content (AvgIpc) is 2.66. The highest BCUT2D eigenvalue weighted by molar-refractivity contribution is 9.10. The van der Waals surface area contributed by atoms with E-state index in [1.54, 1.807) is 35.1 Å². The lowest BCUT2D eigenvalue weighted by Gasteiger charge is -2.36. The van der Waals surface area contributed by atoms with Gasteiger partial charge in [-0.05, 0) is 40.2 Å². The number of pyridine rings is 1. The molecule has 1 saturated heterocycles. The largest absolute Gasteiger partial charge is 0.496 e. The minimum absolute atomic E-state index is 0.0614. The van der Waals surface area contributed by atoms with Crippen molar-refractivity contribution in [2.45, 2.75) is 6.18 Å². The van der Waals surface area contributed by atoms with Gasteiger partial charge in [0.15, 0.2) is 0 Å². The monoisotopic (exact) mass is 477 g/mol. The van der Waals surface area contributed by atoms with Crippen molar-refractivity contribution in [1.82, 2.24) is 9.88 Å². The molecule has 1 aliphatic heterocycles. The van der Waals surface area contributed by atoms with Gasteiger partial charge in [-0.1, -0.05) is 11.6 Å². The molecule has 0 saturated carbocycles. The number of ether oxygens (including phenoxy) is 1. The Bertz CT molecular complexity index is 887. The molecule has 1 aromatic heterocycles. The summed E-state index contributed by atoms with van der Waals surface area (Å²) in [5.41, 5.74) is -0.369. The first-order chi connectivity index (χ1) is 13.2. The summed E-state index contributed by atoms with van der Waals surface area (Å²) in [5, 5.41) is -0.0614. The van der Waals surface area contributed by atoms with Crippen LogP contribution in [0.5, 0.6) is 5.75 Å². The maximum atomic E-state index is 12.8. The Morgan fingerprint density at radius 3 is 2.43 bits per heavy atom. The van der Waals surface area contributed by atoms with Gasteiger partial charge in [0.25, 0.3) is 5.91 Å².